The fourth-order valence-electron chi connectivity index (χ4n) is 1.72. The molecule has 1 aliphatic carbocycles. The maximum absolute atomic E-state index is 12.7. The van der Waals surface area contributed by atoms with Crippen LogP contribution in [-0.2, 0) is 6.18 Å². The summed E-state index contributed by atoms with van der Waals surface area (Å²) >= 11 is 0. The third kappa shape index (κ3) is 1.81. The van der Waals surface area contributed by atoms with Gasteiger partial charge in [-0.1, -0.05) is 5.21 Å². The summed E-state index contributed by atoms with van der Waals surface area (Å²) in [5, 5.41) is 6.69. The summed E-state index contributed by atoms with van der Waals surface area (Å²) in [5.74, 6) is 0.210. The maximum atomic E-state index is 12.7. The SMILES string of the molecule is CC(C1CC1)n1nnc(C=O)c1C(F)(F)F. The number of aromatic nitrogens is 3. The number of carbonyl (C=O) groups excluding carboxylic acids is 1. The highest BCUT2D eigenvalue weighted by atomic mass is 19.4. The van der Waals surface area contributed by atoms with Crippen LogP contribution in [0.3, 0.4) is 0 Å². The second-order valence-corrected chi connectivity index (χ2v) is 3.96. The van der Waals surface area contributed by atoms with Gasteiger partial charge in [0.2, 0.25) is 0 Å². The van der Waals surface area contributed by atoms with Gasteiger partial charge in [0.15, 0.2) is 17.7 Å². The van der Waals surface area contributed by atoms with Crippen molar-refractivity contribution in [2.75, 3.05) is 0 Å². The molecule has 7 heteroatoms. The van der Waals surface area contributed by atoms with E-state index in [1.807, 2.05) is 0 Å². The van der Waals surface area contributed by atoms with E-state index >= 15 is 0 Å². The van der Waals surface area contributed by atoms with Crippen LogP contribution < -0.4 is 0 Å². The zero-order chi connectivity index (χ0) is 11.9. The van der Waals surface area contributed by atoms with Crippen LogP contribution >= 0.6 is 0 Å². The standard InChI is InChI=1S/C9H10F3N3O/c1-5(6-2-3-6)15-8(9(10,11)12)7(4-16)13-14-15/h4-6H,2-3H2,1H3. The fourth-order valence-corrected chi connectivity index (χ4v) is 1.72. The van der Waals surface area contributed by atoms with Gasteiger partial charge < -0.3 is 0 Å². The van der Waals surface area contributed by atoms with Crippen molar-refractivity contribution in [3.05, 3.63) is 11.4 Å². The summed E-state index contributed by atoms with van der Waals surface area (Å²) in [7, 11) is 0. The largest absolute Gasteiger partial charge is 0.435 e. The van der Waals surface area contributed by atoms with Crippen LogP contribution in [0.2, 0.25) is 0 Å². The van der Waals surface area contributed by atoms with Crippen molar-refractivity contribution in [3.63, 3.8) is 0 Å². The summed E-state index contributed by atoms with van der Waals surface area (Å²) in [4.78, 5) is 10.5. The molecule has 0 spiro atoms. The Bertz CT molecular complexity index is 409. The zero-order valence-electron chi connectivity index (χ0n) is 8.53. The van der Waals surface area contributed by atoms with Gasteiger partial charge in [0.25, 0.3) is 0 Å². The van der Waals surface area contributed by atoms with Crippen LogP contribution in [-0.4, -0.2) is 21.3 Å². The van der Waals surface area contributed by atoms with Gasteiger partial charge in [0.05, 0.1) is 6.04 Å². The molecule has 1 heterocycles. The van der Waals surface area contributed by atoms with Crippen molar-refractivity contribution < 1.29 is 18.0 Å². The first-order valence-corrected chi connectivity index (χ1v) is 4.92. The van der Waals surface area contributed by atoms with Crippen molar-refractivity contribution in [2.45, 2.75) is 32.0 Å². The van der Waals surface area contributed by atoms with Gasteiger partial charge in [-0.15, -0.1) is 5.10 Å². The van der Waals surface area contributed by atoms with Crippen molar-refractivity contribution in [3.8, 4) is 0 Å². The molecule has 0 aromatic carbocycles. The van der Waals surface area contributed by atoms with Gasteiger partial charge >= 0.3 is 6.18 Å². The van der Waals surface area contributed by atoms with Crippen LogP contribution in [0.4, 0.5) is 13.2 Å². The molecule has 0 bridgehead atoms. The van der Waals surface area contributed by atoms with Gasteiger partial charge in [-0.2, -0.15) is 13.2 Å². The summed E-state index contributed by atoms with van der Waals surface area (Å²) in [6.07, 6.45) is -2.71. The number of halogens is 3. The van der Waals surface area contributed by atoms with Crippen molar-refractivity contribution in [1.82, 2.24) is 15.0 Å². The molecule has 1 unspecified atom stereocenters. The van der Waals surface area contributed by atoms with Gasteiger partial charge in [-0.25, -0.2) is 4.68 Å². The average molecular weight is 233 g/mol. The Hall–Kier alpha value is -1.40. The molecular formula is C9H10F3N3O. The van der Waals surface area contributed by atoms with Crippen LogP contribution in [0.1, 0.15) is 42.0 Å². The minimum absolute atomic E-state index is 0.0892. The maximum Gasteiger partial charge on any atom is 0.435 e. The highest BCUT2D eigenvalue weighted by molar-refractivity contribution is 5.73. The first-order valence-electron chi connectivity index (χ1n) is 4.92. The Balaban J connectivity index is 2.44. The van der Waals surface area contributed by atoms with E-state index in [1.54, 1.807) is 6.92 Å². The lowest BCUT2D eigenvalue weighted by Crippen LogP contribution is -2.20. The number of hydrogen-bond acceptors (Lipinski definition) is 3. The summed E-state index contributed by atoms with van der Waals surface area (Å²) in [5.41, 5.74) is -1.68. The quantitative estimate of drug-likeness (QED) is 0.751. The first kappa shape index (κ1) is 11.1. The number of carbonyl (C=O) groups is 1. The van der Waals surface area contributed by atoms with Crippen LogP contribution in [0.5, 0.6) is 0 Å². The fraction of sp³-hybridized carbons (Fsp3) is 0.667. The summed E-state index contributed by atoms with van der Waals surface area (Å²) in [6.45, 7) is 1.66. The Kier molecular flexibility index (Phi) is 2.47. The second kappa shape index (κ2) is 3.57. The minimum Gasteiger partial charge on any atom is -0.296 e. The lowest BCUT2D eigenvalue weighted by Gasteiger charge is -2.15. The third-order valence-electron chi connectivity index (χ3n) is 2.79. The first-order chi connectivity index (χ1) is 7.45. The number of aldehydes is 1. The van der Waals surface area contributed by atoms with Crippen molar-refractivity contribution >= 4 is 6.29 Å². The molecule has 1 aliphatic rings. The predicted octanol–water partition coefficient (Wildman–Crippen LogP) is 2.08. The molecule has 0 saturated heterocycles. The topological polar surface area (TPSA) is 47.8 Å². The van der Waals surface area contributed by atoms with E-state index in [-0.39, 0.29) is 18.2 Å². The van der Waals surface area contributed by atoms with Crippen molar-refractivity contribution in [2.24, 2.45) is 5.92 Å². The molecule has 1 fully saturated rings. The minimum atomic E-state index is -4.59. The lowest BCUT2D eigenvalue weighted by atomic mass is 10.2. The van der Waals surface area contributed by atoms with E-state index in [2.05, 4.69) is 10.3 Å². The van der Waals surface area contributed by atoms with E-state index in [4.69, 9.17) is 0 Å². The van der Waals surface area contributed by atoms with Gasteiger partial charge in [-0.3, -0.25) is 4.79 Å². The van der Waals surface area contributed by atoms with E-state index in [0.717, 1.165) is 17.5 Å². The monoisotopic (exact) mass is 233 g/mol. The van der Waals surface area contributed by atoms with E-state index in [9.17, 15) is 18.0 Å². The molecule has 0 radical (unpaired) electrons. The number of hydrogen-bond donors (Lipinski definition) is 0. The zero-order valence-corrected chi connectivity index (χ0v) is 8.53. The average Bonchev–Trinajstić information content (AvgIpc) is 2.93. The van der Waals surface area contributed by atoms with E-state index < -0.39 is 17.6 Å². The Morgan fingerprint density at radius 2 is 2.12 bits per heavy atom. The number of nitrogens with zero attached hydrogens (tertiary/aromatic N) is 3. The molecule has 0 aliphatic heterocycles. The third-order valence-corrected chi connectivity index (χ3v) is 2.79. The molecular weight excluding hydrogens is 223 g/mol. The summed E-state index contributed by atoms with van der Waals surface area (Å²) in [6, 6.07) is -0.363. The molecule has 0 amide bonds. The van der Waals surface area contributed by atoms with Crippen LogP contribution in [0.25, 0.3) is 0 Å². The molecule has 0 N–H and O–H groups in total. The van der Waals surface area contributed by atoms with E-state index in [1.165, 1.54) is 0 Å². The van der Waals surface area contributed by atoms with E-state index in [0.29, 0.717) is 0 Å². The normalized spacial score (nSPS) is 18.5. The molecule has 16 heavy (non-hydrogen) atoms. The Labute approximate surface area is 89.4 Å². The molecule has 2 rings (SSSR count). The van der Waals surface area contributed by atoms with Crippen LogP contribution in [0, 0.1) is 5.92 Å². The second-order valence-electron chi connectivity index (χ2n) is 3.96. The van der Waals surface area contributed by atoms with Gasteiger partial charge in [-0.05, 0) is 25.7 Å². The molecule has 1 atom stereocenters. The van der Waals surface area contributed by atoms with Gasteiger partial charge in [0.1, 0.15) is 0 Å². The highest BCUT2D eigenvalue weighted by Crippen LogP contribution is 2.41. The van der Waals surface area contributed by atoms with Gasteiger partial charge in [0, 0.05) is 0 Å². The molecule has 1 aromatic heterocycles. The smallest absolute Gasteiger partial charge is 0.296 e. The predicted molar refractivity (Wildman–Crippen MR) is 47.8 cm³/mol. The van der Waals surface area contributed by atoms with Crippen LogP contribution in [0.15, 0.2) is 0 Å². The Morgan fingerprint density at radius 3 is 2.56 bits per heavy atom. The molecule has 1 aromatic rings. The highest BCUT2D eigenvalue weighted by Gasteiger charge is 2.42. The Morgan fingerprint density at radius 1 is 1.50 bits per heavy atom. The molecule has 4 nitrogen and oxygen atoms in total. The molecule has 88 valence electrons. The summed E-state index contributed by atoms with van der Waals surface area (Å²) < 4.78 is 39.0. The lowest BCUT2D eigenvalue weighted by molar-refractivity contribution is -0.145. The number of alkyl halides is 3. The van der Waals surface area contributed by atoms with Crippen molar-refractivity contribution in [1.29, 1.82) is 0 Å². The molecule has 1 saturated carbocycles. The number of rotatable bonds is 3.